The van der Waals surface area contributed by atoms with E-state index in [1.54, 1.807) is 12.3 Å². The minimum Gasteiger partial charge on any atom is -0.380 e. The van der Waals surface area contributed by atoms with Crippen molar-refractivity contribution in [2.45, 2.75) is 25.8 Å². The van der Waals surface area contributed by atoms with E-state index in [0.29, 0.717) is 11.7 Å². The van der Waals surface area contributed by atoms with Gasteiger partial charge in [-0.05, 0) is 45.0 Å². The van der Waals surface area contributed by atoms with Gasteiger partial charge in [-0.2, -0.15) is 5.26 Å². The summed E-state index contributed by atoms with van der Waals surface area (Å²) in [4.78, 5) is 6.53. The van der Waals surface area contributed by atoms with Crippen LogP contribution in [0.1, 0.15) is 25.5 Å². The monoisotopic (exact) mass is 230 g/mol. The number of rotatable bonds is 4. The molecule has 17 heavy (non-hydrogen) atoms. The third-order valence-electron chi connectivity index (χ3n) is 3.02. The molecule has 1 fully saturated rings. The van der Waals surface area contributed by atoms with Crippen molar-refractivity contribution in [1.82, 2.24) is 9.88 Å². The Bertz CT molecular complexity index is 387. The largest absolute Gasteiger partial charge is 0.380 e. The van der Waals surface area contributed by atoms with Crippen LogP contribution >= 0.6 is 0 Å². The van der Waals surface area contributed by atoms with Gasteiger partial charge < -0.3 is 10.2 Å². The van der Waals surface area contributed by atoms with Crippen molar-refractivity contribution < 1.29 is 0 Å². The fourth-order valence-corrected chi connectivity index (χ4v) is 2.23. The maximum Gasteiger partial charge on any atom is 0.140 e. The van der Waals surface area contributed by atoms with Crippen molar-refractivity contribution in [3.05, 3.63) is 24.0 Å². The highest BCUT2D eigenvalue weighted by Gasteiger charge is 2.14. The number of likely N-dealkylation sites (tertiary alicyclic amines) is 1. The molecule has 0 bridgehead atoms. The minimum absolute atomic E-state index is 0.405. The van der Waals surface area contributed by atoms with Gasteiger partial charge in [-0.3, -0.25) is 0 Å². The summed E-state index contributed by atoms with van der Waals surface area (Å²) in [5, 5.41) is 12.1. The van der Waals surface area contributed by atoms with E-state index >= 15 is 0 Å². The summed E-state index contributed by atoms with van der Waals surface area (Å²) in [5.41, 5.74) is 1.44. The highest BCUT2D eigenvalue weighted by atomic mass is 15.2. The molecular weight excluding hydrogens is 212 g/mol. The Balaban J connectivity index is 1.84. The van der Waals surface area contributed by atoms with E-state index in [1.165, 1.54) is 25.9 Å². The normalized spacial score (nSPS) is 17.6. The van der Waals surface area contributed by atoms with Gasteiger partial charge in [-0.1, -0.05) is 0 Å². The van der Waals surface area contributed by atoms with Gasteiger partial charge in [-0.25, -0.2) is 4.98 Å². The van der Waals surface area contributed by atoms with E-state index in [2.05, 4.69) is 22.1 Å². The molecule has 0 saturated carbocycles. The molecule has 0 radical (unpaired) electrons. The lowest BCUT2D eigenvalue weighted by molar-refractivity contribution is 0.328. The number of hydrogen-bond acceptors (Lipinski definition) is 4. The maximum atomic E-state index is 8.66. The molecule has 0 aliphatic carbocycles. The van der Waals surface area contributed by atoms with Gasteiger partial charge in [0.25, 0.3) is 0 Å². The summed E-state index contributed by atoms with van der Waals surface area (Å²) >= 11 is 0. The Morgan fingerprint density at radius 1 is 1.47 bits per heavy atom. The Morgan fingerprint density at radius 3 is 2.82 bits per heavy atom. The van der Waals surface area contributed by atoms with Gasteiger partial charge in [0, 0.05) is 12.6 Å². The molecule has 1 atom stereocenters. The van der Waals surface area contributed by atoms with E-state index in [4.69, 9.17) is 5.26 Å². The SMILES string of the molecule is CC(CN1CCCC1)Nc1ccc(C#N)nc1. The Hall–Kier alpha value is -1.60. The molecule has 1 aliphatic rings. The van der Waals surface area contributed by atoms with Gasteiger partial charge >= 0.3 is 0 Å². The van der Waals surface area contributed by atoms with E-state index in [1.807, 2.05) is 12.1 Å². The molecule has 0 aromatic carbocycles. The standard InChI is InChI=1S/C13H18N4/c1-11(10-17-6-2-3-7-17)16-13-5-4-12(8-14)15-9-13/h4-5,9,11,16H,2-3,6-7,10H2,1H3. The first kappa shape index (κ1) is 11.9. The molecule has 1 N–H and O–H groups in total. The van der Waals surface area contributed by atoms with E-state index in [9.17, 15) is 0 Å². The Kier molecular flexibility index (Phi) is 3.94. The van der Waals surface area contributed by atoms with Crippen LogP contribution in [0, 0.1) is 11.3 Å². The molecule has 0 spiro atoms. The fourth-order valence-electron chi connectivity index (χ4n) is 2.23. The lowest BCUT2D eigenvalue weighted by atomic mass is 10.2. The zero-order valence-corrected chi connectivity index (χ0v) is 10.2. The average molecular weight is 230 g/mol. The van der Waals surface area contributed by atoms with E-state index < -0.39 is 0 Å². The number of nitriles is 1. The van der Waals surface area contributed by atoms with Crippen LogP contribution in [0.3, 0.4) is 0 Å². The van der Waals surface area contributed by atoms with Gasteiger partial charge in [0.15, 0.2) is 0 Å². The van der Waals surface area contributed by atoms with Crippen molar-refractivity contribution >= 4 is 5.69 Å². The van der Waals surface area contributed by atoms with Crippen LogP contribution in [0.5, 0.6) is 0 Å². The molecule has 1 aliphatic heterocycles. The maximum absolute atomic E-state index is 8.66. The second-order valence-electron chi connectivity index (χ2n) is 4.60. The van der Waals surface area contributed by atoms with Crippen LogP contribution in [0.2, 0.25) is 0 Å². The molecular formula is C13H18N4. The summed E-state index contributed by atoms with van der Waals surface area (Å²) in [7, 11) is 0. The van der Waals surface area contributed by atoms with Crippen LogP contribution < -0.4 is 5.32 Å². The predicted molar refractivity (Wildman–Crippen MR) is 67.7 cm³/mol. The molecule has 2 rings (SSSR count). The molecule has 4 nitrogen and oxygen atoms in total. The first-order valence-electron chi connectivity index (χ1n) is 6.13. The van der Waals surface area contributed by atoms with Crippen LogP contribution in [-0.2, 0) is 0 Å². The van der Waals surface area contributed by atoms with Gasteiger partial charge in [0.2, 0.25) is 0 Å². The topological polar surface area (TPSA) is 52.0 Å². The highest BCUT2D eigenvalue weighted by molar-refractivity contribution is 5.43. The van der Waals surface area contributed by atoms with E-state index in [-0.39, 0.29) is 0 Å². The zero-order chi connectivity index (χ0) is 12.1. The number of anilines is 1. The Morgan fingerprint density at radius 2 is 2.24 bits per heavy atom. The summed E-state index contributed by atoms with van der Waals surface area (Å²) in [5.74, 6) is 0. The fraction of sp³-hybridized carbons (Fsp3) is 0.538. The molecule has 90 valence electrons. The average Bonchev–Trinajstić information content (AvgIpc) is 2.82. The van der Waals surface area contributed by atoms with Crippen molar-refractivity contribution in [2.24, 2.45) is 0 Å². The number of pyridine rings is 1. The number of aromatic nitrogens is 1. The third-order valence-corrected chi connectivity index (χ3v) is 3.02. The summed E-state index contributed by atoms with van der Waals surface area (Å²) in [6.07, 6.45) is 4.37. The van der Waals surface area contributed by atoms with Crippen molar-refractivity contribution in [1.29, 1.82) is 5.26 Å². The van der Waals surface area contributed by atoms with Crippen LogP contribution in [0.4, 0.5) is 5.69 Å². The molecule has 1 aromatic heterocycles. The van der Waals surface area contributed by atoms with Crippen molar-refractivity contribution in [2.75, 3.05) is 25.0 Å². The van der Waals surface area contributed by atoms with Gasteiger partial charge in [0.1, 0.15) is 11.8 Å². The first-order chi connectivity index (χ1) is 8.28. The lowest BCUT2D eigenvalue weighted by Gasteiger charge is -2.21. The Labute approximate surface area is 102 Å². The smallest absolute Gasteiger partial charge is 0.140 e. The van der Waals surface area contributed by atoms with E-state index in [0.717, 1.165) is 12.2 Å². The lowest BCUT2D eigenvalue weighted by Crippen LogP contribution is -2.32. The molecule has 2 heterocycles. The number of hydrogen-bond donors (Lipinski definition) is 1. The van der Waals surface area contributed by atoms with Crippen molar-refractivity contribution in [3.63, 3.8) is 0 Å². The van der Waals surface area contributed by atoms with Gasteiger partial charge in [-0.15, -0.1) is 0 Å². The molecule has 4 heteroatoms. The number of nitrogens with one attached hydrogen (secondary N) is 1. The second-order valence-corrected chi connectivity index (χ2v) is 4.60. The van der Waals surface area contributed by atoms with Crippen LogP contribution in [-0.4, -0.2) is 35.6 Å². The quantitative estimate of drug-likeness (QED) is 0.857. The predicted octanol–water partition coefficient (Wildman–Crippen LogP) is 1.85. The first-order valence-corrected chi connectivity index (χ1v) is 6.13. The van der Waals surface area contributed by atoms with Crippen LogP contribution in [0.15, 0.2) is 18.3 Å². The molecule has 1 aromatic rings. The van der Waals surface area contributed by atoms with Gasteiger partial charge in [0.05, 0.1) is 11.9 Å². The molecule has 0 amide bonds. The molecule has 1 saturated heterocycles. The molecule has 1 unspecified atom stereocenters. The zero-order valence-electron chi connectivity index (χ0n) is 10.2. The van der Waals surface area contributed by atoms with Crippen LogP contribution in [0.25, 0.3) is 0 Å². The minimum atomic E-state index is 0.405. The second kappa shape index (κ2) is 5.65. The highest BCUT2D eigenvalue weighted by Crippen LogP contribution is 2.11. The number of nitrogens with zero attached hydrogens (tertiary/aromatic N) is 3. The third kappa shape index (κ3) is 3.43. The van der Waals surface area contributed by atoms with Crippen molar-refractivity contribution in [3.8, 4) is 6.07 Å². The summed E-state index contributed by atoms with van der Waals surface area (Å²) < 4.78 is 0. The summed E-state index contributed by atoms with van der Waals surface area (Å²) in [6, 6.07) is 6.07. The summed E-state index contributed by atoms with van der Waals surface area (Å²) in [6.45, 7) is 5.69.